The number of thiophene rings is 1. The first-order valence-corrected chi connectivity index (χ1v) is 9.43. The number of hydrogen-bond acceptors (Lipinski definition) is 4. The maximum Gasteiger partial charge on any atom is 0.282 e. The van der Waals surface area contributed by atoms with E-state index in [0.717, 1.165) is 15.8 Å². The van der Waals surface area contributed by atoms with E-state index < -0.39 is 0 Å². The Kier molecular flexibility index (Phi) is 4.96. The fraction of sp³-hybridized carbons (Fsp3) is 0.278. The van der Waals surface area contributed by atoms with Crippen LogP contribution in [0.5, 0.6) is 0 Å². The maximum absolute atomic E-state index is 12.9. The summed E-state index contributed by atoms with van der Waals surface area (Å²) >= 11 is 5.06. The van der Waals surface area contributed by atoms with Gasteiger partial charge in [0.05, 0.1) is 17.1 Å². The van der Waals surface area contributed by atoms with Crippen LogP contribution >= 0.6 is 27.3 Å². The number of rotatable bonds is 4. The van der Waals surface area contributed by atoms with E-state index in [2.05, 4.69) is 34.9 Å². The van der Waals surface area contributed by atoms with E-state index in [1.807, 2.05) is 31.2 Å². The van der Waals surface area contributed by atoms with Crippen LogP contribution in [0.3, 0.4) is 0 Å². The van der Waals surface area contributed by atoms with Gasteiger partial charge in [0.15, 0.2) is 0 Å². The molecule has 0 aliphatic heterocycles. The summed E-state index contributed by atoms with van der Waals surface area (Å²) in [5.74, 6) is 0.842. The van der Waals surface area contributed by atoms with Crippen molar-refractivity contribution in [2.45, 2.75) is 33.1 Å². The molecule has 24 heavy (non-hydrogen) atoms. The number of fused-ring (bicyclic) bond motifs is 1. The molecule has 0 amide bonds. The standard InChI is InChI=1S/C18H18BrN3OS/c1-4-11(2)17-21-16-8-6-13(19)9-15(16)18(23)22(17)20-10-14-7-5-12(3)24-14/h5-11H,4H2,1-3H3/t11-/m0/s1. The lowest BCUT2D eigenvalue weighted by molar-refractivity contribution is 0.613. The summed E-state index contributed by atoms with van der Waals surface area (Å²) in [4.78, 5) is 19.9. The van der Waals surface area contributed by atoms with E-state index in [1.54, 1.807) is 23.6 Å². The SMILES string of the molecule is CC[C@H](C)c1nc2ccc(Br)cc2c(=O)n1N=Cc1ccc(C)s1. The molecule has 0 unspecified atom stereocenters. The Labute approximate surface area is 153 Å². The van der Waals surface area contributed by atoms with E-state index in [1.165, 1.54) is 9.55 Å². The van der Waals surface area contributed by atoms with Crippen molar-refractivity contribution in [3.63, 3.8) is 0 Å². The van der Waals surface area contributed by atoms with Crippen molar-refractivity contribution in [1.82, 2.24) is 9.66 Å². The predicted molar refractivity (Wildman–Crippen MR) is 104 cm³/mol. The molecule has 0 radical (unpaired) electrons. The summed E-state index contributed by atoms with van der Waals surface area (Å²) in [6.07, 6.45) is 2.62. The van der Waals surface area contributed by atoms with Crippen LogP contribution < -0.4 is 5.56 Å². The Morgan fingerprint density at radius 3 is 2.83 bits per heavy atom. The second kappa shape index (κ2) is 6.99. The van der Waals surface area contributed by atoms with Crippen molar-refractivity contribution in [3.05, 3.63) is 60.7 Å². The monoisotopic (exact) mass is 403 g/mol. The van der Waals surface area contributed by atoms with Crippen molar-refractivity contribution < 1.29 is 0 Å². The van der Waals surface area contributed by atoms with Crippen LogP contribution in [0.2, 0.25) is 0 Å². The van der Waals surface area contributed by atoms with E-state index in [0.29, 0.717) is 16.7 Å². The molecule has 0 fully saturated rings. The number of hydrogen-bond donors (Lipinski definition) is 0. The molecule has 0 aliphatic rings. The van der Waals surface area contributed by atoms with Gasteiger partial charge < -0.3 is 0 Å². The highest BCUT2D eigenvalue weighted by molar-refractivity contribution is 9.10. The molecule has 4 nitrogen and oxygen atoms in total. The third kappa shape index (κ3) is 3.35. The van der Waals surface area contributed by atoms with Crippen LogP contribution in [0.4, 0.5) is 0 Å². The minimum atomic E-state index is -0.138. The molecule has 0 saturated carbocycles. The highest BCUT2D eigenvalue weighted by Gasteiger charge is 2.15. The van der Waals surface area contributed by atoms with E-state index in [-0.39, 0.29) is 11.5 Å². The fourth-order valence-corrected chi connectivity index (χ4v) is 3.52. The third-order valence-electron chi connectivity index (χ3n) is 3.95. The van der Waals surface area contributed by atoms with Crippen LogP contribution in [-0.2, 0) is 0 Å². The molecule has 0 bridgehead atoms. The number of aryl methyl sites for hydroxylation is 1. The lowest BCUT2D eigenvalue weighted by Gasteiger charge is -2.13. The minimum absolute atomic E-state index is 0.138. The number of aromatic nitrogens is 2. The van der Waals surface area contributed by atoms with Crippen molar-refractivity contribution in [3.8, 4) is 0 Å². The lowest BCUT2D eigenvalue weighted by Crippen LogP contribution is -2.23. The van der Waals surface area contributed by atoms with Gasteiger partial charge in [-0.05, 0) is 43.7 Å². The molecule has 0 spiro atoms. The molecule has 0 aliphatic carbocycles. The van der Waals surface area contributed by atoms with Crippen LogP contribution in [0, 0.1) is 6.92 Å². The van der Waals surface area contributed by atoms with Gasteiger partial charge in [-0.2, -0.15) is 9.78 Å². The first kappa shape index (κ1) is 17.0. The molecular formula is C18H18BrN3OS. The second-order valence-corrected chi connectivity index (χ2v) is 7.99. The van der Waals surface area contributed by atoms with Gasteiger partial charge in [-0.1, -0.05) is 29.8 Å². The van der Waals surface area contributed by atoms with Gasteiger partial charge in [0.25, 0.3) is 5.56 Å². The molecular weight excluding hydrogens is 386 g/mol. The Bertz CT molecular complexity index is 974. The quantitative estimate of drug-likeness (QED) is 0.580. The number of benzene rings is 1. The van der Waals surface area contributed by atoms with Crippen LogP contribution in [0.25, 0.3) is 10.9 Å². The Morgan fingerprint density at radius 1 is 1.38 bits per heavy atom. The zero-order chi connectivity index (χ0) is 17.3. The lowest BCUT2D eigenvalue weighted by atomic mass is 10.1. The molecule has 2 aromatic heterocycles. The largest absolute Gasteiger partial charge is 0.282 e. The second-order valence-electron chi connectivity index (χ2n) is 5.75. The number of halogens is 1. The zero-order valence-corrected chi connectivity index (χ0v) is 16.2. The Hall–Kier alpha value is -1.79. The van der Waals surface area contributed by atoms with Gasteiger partial charge in [0.1, 0.15) is 5.82 Å². The summed E-state index contributed by atoms with van der Waals surface area (Å²) in [6.45, 7) is 6.20. The van der Waals surface area contributed by atoms with Gasteiger partial charge in [0, 0.05) is 20.1 Å². The van der Waals surface area contributed by atoms with Crippen LogP contribution in [0.1, 0.15) is 41.8 Å². The molecule has 124 valence electrons. The van der Waals surface area contributed by atoms with Gasteiger partial charge in [-0.15, -0.1) is 11.3 Å². The topological polar surface area (TPSA) is 47.2 Å². The van der Waals surface area contributed by atoms with Crippen LogP contribution in [-0.4, -0.2) is 15.9 Å². The fourth-order valence-electron chi connectivity index (χ4n) is 2.42. The molecule has 0 N–H and O–H groups in total. The van der Waals surface area contributed by atoms with Gasteiger partial charge in [-0.3, -0.25) is 4.79 Å². The molecule has 3 rings (SSSR count). The normalized spacial score (nSPS) is 13.0. The summed E-state index contributed by atoms with van der Waals surface area (Å²) < 4.78 is 2.30. The van der Waals surface area contributed by atoms with Crippen molar-refractivity contribution in [2.75, 3.05) is 0 Å². The van der Waals surface area contributed by atoms with E-state index >= 15 is 0 Å². The predicted octanol–water partition coefficient (Wildman–Crippen LogP) is 4.92. The molecule has 3 aromatic rings. The highest BCUT2D eigenvalue weighted by atomic mass is 79.9. The summed E-state index contributed by atoms with van der Waals surface area (Å²) in [5, 5.41) is 5.02. The Balaban J connectivity index is 2.20. The van der Waals surface area contributed by atoms with Gasteiger partial charge in [0.2, 0.25) is 0 Å². The molecule has 1 atom stereocenters. The van der Waals surface area contributed by atoms with Gasteiger partial charge in [-0.25, -0.2) is 4.98 Å². The Morgan fingerprint density at radius 2 is 2.17 bits per heavy atom. The third-order valence-corrected chi connectivity index (χ3v) is 5.38. The average molecular weight is 404 g/mol. The highest BCUT2D eigenvalue weighted by Crippen LogP contribution is 2.21. The summed E-state index contributed by atoms with van der Waals surface area (Å²) in [5.41, 5.74) is 0.568. The molecule has 2 heterocycles. The van der Waals surface area contributed by atoms with Crippen molar-refractivity contribution in [2.24, 2.45) is 5.10 Å². The van der Waals surface area contributed by atoms with Crippen molar-refractivity contribution >= 4 is 44.4 Å². The summed E-state index contributed by atoms with van der Waals surface area (Å²) in [6, 6.07) is 9.61. The van der Waals surface area contributed by atoms with E-state index in [4.69, 9.17) is 4.98 Å². The van der Waals surface area contributed by atoms with Gasteiger partial charge >= 0.3 is 0 Å². The molecule has 6 heteroatoms. The molecule has 0 saturated heterocycles. The zero-order valence-electron chi connectivity index (χ0n) is 13.8. The van der Waals surface area contributed by atoms with Crippen molar-refractivity contribution in [1.29, 1.82) is 0 Å². The smallest absolute Gasteiger partial charge is 0.267 e. The summed E-state index contributed by atoms with van der Waals surface area (Å²) in [7, 11) is 0. The first-order chi connectivity index (χ1) is 11.5. The maximum atomic E-state index is 12.9. The average Bonchev–Trinajstić information content (AvgIpc) is 2.99. The molecule has 1 aromatic carbocycles. The number of nitrogens with zero attached hydrogens (tertiary/aromatic N) is 3. The minimum Gasteiger partial charge on any atom is -0.267 e. The van der Waals surface area contributed by atoms with Crippen LogP contribution in [0.15, 0.2) is 44.7 Å². The van der Waals surface area contributed by atoms with E-state index in [9.17, 15) is 4.79 Å². The first-order valence-electron chi connectivity index (χ1n) is 7.82.